The predicted molar refractivity (Wildman–Crippen MR) is 95.1 cm³/mol. The van der Waals surface area contributed by atoms with Crippen molar-refractivity contribution < 1.29 is 0 Å². The van der Waals surface area contributed by atoms with Crippen molar-refractivity contribution in [2.75, 3.05) is 5.73 Å². The first-order valence-electron chi connectivity index (χ1n) is 8.18. The summed E-state index contributed by atoms with van der Waals surface area (Å²) < 4.78 is 0. The zero-order valence-corrected chi connectivity index (χ0v) is 13.1. The average molecular weight is 303 g/mol. The maximum absolute atomic E-state index is 6.87. The lowest BCUT2D eigenvalue weighted by atomic mass is 9.74. The molecule has 2 aromatic carbocycles. The van der Waals surface area contributed by atoms with Gasteiger partial charge in [-0.05, 0) is 37.3 Å². The third kappa shape index (κ3) is 2.37. The normalized spacial score (nSPS) is 20.4. The highest BCUT2D eigenvalue weighted by Crippen LogP contribution is 2.41. The maximum Gasteiger partial charge on any atom is 0.0726 e. The Bertz CT molecular complexity index is 857. The lowest BCUT2D eigenvalue weighted by Crippen LogP contribution is -2.43. The fourth-order valence-corrected chi connectivity index (χ4v) is 3.86. The van der Waals surface area contributed by atoms with E-state index in [4.69, 9.17) is 16.5 Å². The number of aromatic nitrogens is 1. The highest BCUT2D eigenvalue weighted by Gasteiger charge is 2.36. The van der Waals surface area contributed by atoms with Crippen LogP contribution < -0.4 is 11.5 Å². The second-order valence-electron chi connectivity index (χ2n) is 6.54. The van der Waals surface area contributed by atoms with Gasteiger partial charge in [0.1, 0.15) is 0 Å². The molecule has 0 fully saturated rings. The summed E-state index contributed by atoms with van der Waals surface area (Å²) in [5.74, 6) is 0. The van der Waals surface area contributed by atoms with Crippen LogP contribution in [0.3, 0.4) is 0 Å². The molecular weight excluding hydrogens is 282 g/mol. The zero-order chi connectivity index (χ0) is 15.9. The number of rotatable bonds is 2. The molecule has 23 heavy (non-hydrogen) atoms. The minimum absolute atomic E-state index is 0.434. The molecule has 0 aliphatic heterocycles. The molecule has 0 saturated carbocycles. The van der Waals surface area contributed by atoms with Crippen LogP contribution in [0.25, 0.3) is 10.9 Å². The number of nitrogens with two attached hydrogens (primary N) is 2. The van der Waals surface area contributed by atoms with Gasteiger partial charge in [0.2, 0.25) is 0 Å². The van der Waals surface area contributed by atoms with Crippen LogP contribution in [-0.2, 0) is 18.4 Å². The number of pyridine rings is 1. The van der Waals surface area contributed by atoms with Crippen molar-refractivity contribution in [1.29, 1.82) is 0 Å². The summed E-state index contributed by atoms with van der Waals surface area (Å²) in [4.78, 5) is 4.85. The molecule has 3 aromatic rings. The van der Waals surface area contributed by atoms with Crippen molar-refractivity contribution >= 4 is 16.6 Å². The first-order valence-corrected chi connectivity index (χ1v) is 8.18. The van der Waals surface area contributed by atoms with Crippen LogP contribution in [-0.4, -0.2) is 4.98 Å². The predicted octanol–water partition coefficient (Wildman–Crippen LogP) is 3.55. The van der Waals surface area contributed by atoms with Crippen LogP contribution in [0.5, 0.6) is 0 Å². The number of para-hydroxylation sites is 1. The van der Waals surface area contributed by atoms with E-state index in [9.17, 15) is 0 Å². The molecule has 1 unspecified atom stereocenters. The Morgan fingerprint density at radius 1 is 1.00 bits per heavy atom. The average Bonchev–Trinajstić information content (AvgIpc) is 2.55. The van der Waals surface area contributed by atoms with Crippen LogP contribution >= 0.6 is 0 Å². The molecule has 0 amide bonds. The van der Waals surface area contributed by atoms with Gasteiger partial charge in [-0.1, -0.05) is 48.5 Å². The summed E-state index contributed by atoms with van der Waals surface area (Å²) in [5.41, 5.74) is 18.1. The summed E-state index contributed by atoms with van der Waals surface area (Å²) in [5, 5.41) is 1.01. The molecular formula is C20H21N3. The van der Waals surface area contributed by atoms with E-state index < -0.39 is 5.54 Å². The van der Waals surface area contributed by atoms with Crippen molar-refractivity contribution in [3.63, 3.8) is 0 Å². The van der Waals surface area contributed by atoms with Gasteiger partial charge in [-0.2, -0.15) is 0 Å². The molecule has 1 aliphatic carbocycles. The van der Waals surface area contributed by atoms with E-state index in [0.29, 0.717) is 0 Å². The van der Waals surface area contributed by atoms with Crippen molar-refractivity contribution in [2.24, 2.45) is 5.73 Å². The quantitative estimate of drug-likeness (QED) is 0.761. The first kappa shape index (κ1) is 14.2. The third-order valence-corrected chi connectivity index (χ3v) is 4.90. The lowest BCUT2D eigenvalue weighted by molar-refractivity contribution is 0.368. The molecule has 1 atom stereocenters. The maximum atomic E-state index is 6.87. The molecule has 4 N–H and O–H groups in total. The van der Waals surface area contributed by atoms with E-state index in [1.165, 1.54) is 5.56 Å². The fraction of sp³-hybridized carbons (Fsp3) is 0.250. The minimum atomic E-state index is -0.434. The molecule has 3 heteroatoms. The van der Waals surface area contributed by atoms with Crippen molar-refractivity contribution in [1.82, 2.24) is 4.98 Å². The number of hydrogen-bond donors (Lipinski definition) is 2. The number of nitrogen functional groups attached to an aromatic ring is 1. The number of benzene rings is 2. The summed E-state index contributed by atoms with van der Waals surface area (Å²) in [6.07, 6.45) is 3.75. The molecule has 0 radical (unpaired) electrons. The van der Waals surface area contributed by atoms with Gasteiger partial charge in [0, 0.05) is 27.9 Å². The van der Waals surface area contributed by atoms with Gasteiger partial charge >= 0.3 is 0 Å². The van der Waals surface area contributed by atoms with E-state index in [1.54, 1.807) is 0 Å². The number of aryl methyl sites for hydroxylation is 1. The lowest BCUT2D eigenvalue weighted by Gasteiger charge is -2.37. The Kier molecular flexibility index (Phi) is 3.31. The summed E-state index contributed by atoms with van der Waals surface area (Å²) in [7, 11) is 0. The number of hydrogen-bond acceptors (Lipinski definition) is 3. The smallest absolute Gasteiger partial charge is 0.0726 e. The second-order valence-corrected chi connectivity index (χ2v) is 6.54. The van der Waals surface area contributed by atoms with Crippen LogP contribution in [0.2, 0.25) is 0 Å². The molecule has 4 rings (SSSR count). The molecule has 1 aromatic heterocycles. The Morgan fingerprint density at radius 3 is 2.57 bits per heavy atom. The Balaban J connectivity index is 1.88. The molecule has 3 nitrogen and oxygen atoms in total. The van der Waals surface area contributed by atoms with Gasteiger partial charge in [-0.3, -0.25) is 4.98 Å². The topological polar surface area (TPSA) is 64.9 Å². The van der Waals surface area contributed by atoms with Gasteiger partial charge in [-0.15, -0.1) is 0 Å². The number of fused-ring (bicyclic) bond motifs is 2. The summed E-state index contributed by atoms with van der Waals surface area (Å²) in [6, 6.07) is 18.5. The number of nitrogens with zero attached hydrogens (tertiary/aromatic N) is 1. The van der Waals surface area contributed by atoms with Gasteiger partial charge in [0.25, 0.3) is 0 Å². The number of anilines is 1. The standard InChI is InChI=1S/C20H21N3/c21-19-15-9-4-5-10-16(15)23-17-11-6-12-20(22,18(17)19)13-14-7-2-1-3-8-14/h1-5,7-10H,6,11-13,22H2,(H2,21,23). The van der Waals surface area contributed by atoms with E-state index in [0.717, 1.165) is 53.5 Å². The fourth-order valence-electron chi connectivity index (χ4n) is 3.86. The van der Waals surface area contributed by atoms with Gasteiger partial charge in [0.15, 0.2) is 0 Å². The van der Waals surface area contributed by atoms with Crippen molar-refractivity contribution in [2.45, 2.75) is 31.2 Å². The monoisotopic (exact) mass is 303 g/mol. The van der Waals surface area contributed by atoms with Crippen molar-refractivity contribution in [3.05, 3.63) is 71.4 Å². The molecule has 116 valence electrons. The van der Waals surface area contributed by atoms with Crippen LogP contribution in [0.4, 0.5) is 5.69 Å². The van der Waals surface area contributed by atoms with Crippen molar-refractivity contribution in [3.8, 4) is 0 Å². The molecule has 0 bridgehead atoms. The molecule has 1 heterocycles. The Hall–Kier alpha value is -2.39. The second kappa shape index (κ2) is 5.36. The van der Waals surface area contributed by atoms with Gasteiger partial charge < -0.3 is 11.5 Å². The zero-order valence-electron chi connectivity index (χ0n) is 13.1. The van der Waals surface area contributed by atoms with Crippen LogP contribution in [0, 0.1) is 0 Å². The van der Waals surface area contributed by atoms with Gasteiger partial charge in [-0.25, -0.2) is 0 Å². The first-order chi connectivity index (χ1) is 11.2. The van der Waals surface area contributed by atoms with E-state index >= 15 is 0 Å². The highest BCUT2D eigenvalue weighted by atomic mass is 14.8. The van der Waals surface area contributed by atoms with E-state index in [-0.39, 0.29) is 0 Å². The summed E-state index contributed by atoms with van der Waals surface area (Å²) in [6.45, 7) is 0. The van der Waals surface area contributed by atoms with Crippen LogP contribution in [0.15, 0.2) is 54.6 Å². The minimum Gasteiger partial charge on any atom is -0.398 e. The van der Waals surface area contributed by atoms with Gasteiger partial charge in [0.05, 0.1) is 5.52 Å². The SMILES string of the molecule is Nc1c2c(nc3ccccc13)CCCC2(N)Cc1ccccc1. The Morgan fingerprint density at radius 2 is 1.74 bits per heavy atom. The van der Waals surface area contributed by atoms with Crippen LogP contribution in [0.1, 0.15) is 29.7 Å². The Labute approximate surface area is 136 Å². The highest BCUT2D eigenvalue weighted by molar-refractivity contribution is 5.92. The molecule has 0 saturated heterocycles. The largest absolute Gasteiger partial charge is 0.398 e. The van der Waals surface area contributed by atoms with E-state index in [1.807, 2.05) is 30.3 Å². The van der Waals surface area contributed by atoms with E-state index in [2.05, 4.69) is 24.3 Å². The third-order valence-electron chi connectivity index (χ3n) is 4.90. The summed E-state index contributed by atoms with van der Waals surface area (Å²) >= 11 is 0. The molecule has 0 spiro atoms. The molecule has 1 aliphatic rings.